The van der Waals surface area contributed by atoms with Crippen LogP contribution in [0.25, 0.3) is 0 Å². The number of likely N-dealkylation sites (tertiary alicyclic amines) is 1. The molecule has 74 valence electrons. The summed E-state index contributed by atoms with van der Waals surface area (Å²) in [6.45, 7) is 5.81. The molecule has 0 aromatic heterocycles. The molecule has 0 aromatic carbocycles. The van der Waals surface area contributed by atoms with E-state index in [1.165, 1.54) is 38.8 Å². The molecule has 1 saturated carbocycles. The van der Waals surface area contributed by atoms with Crippen LogP contribution >= 0.6 is 0 Å². The predicted octanol–water partition coefficient (Wildman–Crippen LogP) is 1.65. The zero-order chi connectivity index (χ0) is 8.89. The summed E-state index contributed by atoms with van der Waals surface area (Å²) in [5, 5.41) is 0. The van der Waals surface area contributed by atoms with Gasteiger partial charge in [-0.05, 0) is 31.6 Å². The van der Waals surface area contributed by atoms with Crippen molar-refractivity contribution in [2.24, 2.45) is 5.92 Å². The Morgan fingerprint density at radius 1 is 1.23 bits per heavy atom. The zero-order valence-corrected chi connectivity index (χ0v) is 8.46. The molecule has 0 N–H and O–H groups in total. The Labute approximate surface area is 80.2 Å². The van der Waals surface area contributed by atoms with Gasteiger partial charge >= 0.3 is 0 Å². The smallest absolute Gasteiger partial charge is 0.0937 e. The van der Waals surface area contributed by atoms with Crippen LogP contribution in [-0.4, -0.2) is 36.2 Å². The van der Waals surface area contributed by atoms with Gasteiger partial charge in [-0.15, -0.1) is 0 Å². The Balaban J connectivity index is 1.58. The van der Waals surface area contributed by atoms with Gasteiger partial charge in [0.25, 0.3) is 0 Å². The van der Waals surface area contributed by atoms with Gasteiger partial charge in [0.2, 0.25) is 0 Å². The van der Waals surface area contributed by atoms with Crippen molar-refractivity contribution in [1.82, 2.24) is 4.90 Å². The van der Waals surface area contributed by atoms with Crippen LogP contribution in [0.1, 0.15) is 32.6 Å². The SMILES string of the molecule is C[C@@H]1CCOC2(C1)CN(C1CC1)C2. The minimum atomic E-state index is 0.292. The molecule has 0 bridgehead atoms. The number of nitrogens with zero attached hydrogens (tertiary/aromatic N) is 1. The Morgan fingerprint density at radius 3 is 2.62 bits per heavy atom. The van der Waals surface area contributed by atoms with E-state index in [0.717, 1.165) is 18.6 Å². The average molecular weight is 181 g/mol. The second kappa shape index (κ2) is 2.71. The van der Waals surface area contributed by atoms with Crippen molar-refractivity contribution in [3.8, 4) is 0 Å². The largest absolute Gasteiger partial charge is 0.372 e. The Hall–Kier alpha value is -0.0800. The van der Waals surface area contributed by atoms with Crippen LogP contribution in [0.2, 0.25) is 0 Å². The minimum absolute atomic E-state index is 0.292. The Morgan fingerprint density at radius 2 is 2.00 bits per heavy atom. The van der Waals surface area contributed by atoms with E-state index in [1.807, 2.05) is 0 Å². The number of ether oxygens (including phenoxy) is 1. The van der Waals surface area contributed by atoms with Gasteiger partial charge in [0.15, 0.2) is 0 Å². The van der Waals surface area contributed by atoms with Gasteiger partial charge < -0.3 is 4.74 Å². The van der Waals surface area contributed by atoms with Crippen molar-refractivity contribution in [2.45, 2.75) is 44.2 Å². The van der Waals surface area contributed by atoms with E-state index in [2.05, 4.69) is 11.8 Å². The van der Waals surface area contributed by atoms with E-state index in [-0.39, 0.29) is 0 Å². The summed E-state index contributed by atoms with van der Waals surface area (Å²) < 4.78 is 5.94. The van der Waals surface area contributed by atoms with E-state index in [1.54, 1.807) is 0 Å². The van der Waals surface area contributed by atoms with Gasteiger partial charge in [0.05, 0.1) is 5.60 Å². The number of hydrogen-bond donors (Lipinski definition) is 0. The summed E-state index contributed by atoms with van der Waals surface area (Å²) in [6.07, 6.45) is 5.44. The Bertz CT molecular complexity index is 206. The van der Waals surface area contributed by atoms with E-state index >= 15 is 0 Å². The quantitative estimate of drug-likeness (QED) is 0.610. The molecule has 2 nitrogen and oxygen atoms in total. The molecule has 3 rings (SSSR count). The molecule has 3 aliphatic rings. The van der Waals surface area contributed by atoms with Crippen molar-refractivity contribution in [3.05, 3.63) is 0 Å². The van der Waals surface area contributed by atoms with Crippen LogP contribution in [0.5, 0.6) is 0 Å². The normalized spacial score (nSPS) is 39.0. The van der Waals surface area contributed by atoms with Gasteiger partial charge in [-0.2, -0.15) is 0 Å². The molecular formula is C11H19NO. The van der Waals surface area contributed by atoms with Gasteiger partial charge in [-0.25, -0.2) is 0 Å². The molecule has 0 aromatic rings. The number of rotatable bonds is 1. The fourth-order valence-electron chi connectivity index (χ4n) is 2.88. The summed E-state index contributed by atoms with van der Waals surface area (Å²) in [4.78, 5) is 2.61. The lowest BCUT2D eigenvalue weighted by molar-refractivity contribution is -0.179. The lowest BCUT2D eigenvalue weighted by Gasteiger charge is -2.53. The highest BCUT2D eigenvalue weighted by molar-refractivity contribution is 5.04. The van der Waals surface area contributed by atoms with Gasteiger partial charge in [-0.3, -0.25) is 4.90 Å². The van der Waals surface area contributed by atoms with Crippen LogP contribution < -0.4 is 0 Å². The standard InChI is InChI=1S/C11H19NO/c1-9-4-5-13-11(6-9)7-12(8-11)10-2-3-10/h9-10H,2-8H2,1H3/t9-/m1/s1. The summed E-state index contributed by atoms with van der Waals surface area (Å²) in [7, 11) is 0. The molecule has 2 saturated heterocycles. The van der Waals surface area contributed by atoms with Crippen molar-refractivity contribution < 1.29 is 4.74 Å². The fourth-order valence-corrected chi connectivity index (χ4v) is 2.88. The van der Waals surface area contributed by atoms with Crippen LogP contribution in [-0.2, 0) is 4.74 Å². The monoisotopic (exact) mass is 181 g/mol. The molecule has 2 aliphatic heterocycles. The molecule has 0 unspecified atom stereocenters. The van der Waals surface area contributed by atoms with Crippen molar-refractivity contribution in [1.29, 1.82) is 0 Å². The highest BCUT2D eigenvalue weighted by Gasteiger charge is 2.50. The molecule has 0 radical (unpaired) electrons. The van der Waals surface area contributed by atoms with Crippen LogP contribution in [0, 0.1) is 5.92 Å². The van der Waals surface area contributed by atoms with Crippen LogP contribution in [0.4, 0.5) is 0 Å². The predicted molar refractivity (Wildman–Crippen MR) is 51.7 cm³/mol. The molecule has 3 fully saturated rings. The Kier molecular flexibility index (Phi) is 1.72. The van der Waals surface area contributed by atoms with Crippen LogP contribution in [0.3, 0.4) is 0 Å². The molecule has 1 atom stereocenters. The minimum Gasteiger partial charge on any atom is -0.372 e. The third-order valence-corrected chi connectivity index (χ3v) is 3.79. The van der Waals surface area contributed by atoms with E-state index < -0.39 is 0 Å². The highest BCUT2D eigenvalue weighted by atomic mass is 16.5. The molecule has 1 aliphatic carbocycles. The lowest BCUT2D eigenvalue weighted by atomic mass is 9.81. The number of hydrogen-bond acceptors (Lipinski definition) is 2. The molecule has 13 heavy (non-hydrogen) atoms. The van der Waals surface area contributed by atoms with Gasteiger partial charge in [-0.1, -0.05) is 6.92 Å². The first kappa shape index (κ1) is 8.25. The van der Waals surface area contributed by atoms with Crippen molar-refractivity contribution in [2.75, 3.05) is 19.7 Å². The van der Waals surface area contributed by atoms with Gasteiger partial charge in [0, 0.05) is 25.7 Å². The summed E-state index contributed by atoms with van der Waals surface area (Å²) in [6, 6.07) is 0.937. The third-order valence-electron chi connectivity index (χ3n) is 3.79. The second-order valence-corrected chi connectivity index (χ2v) is 5.27. The van der Waals surface area contributed by atoms with E-state index in [9.17, 15) is 0 Å². The topological polar surface area (TPSA) is 12.5 Å². The first-order valence-corrected chi connectivity index (χ1v) is 5.65. The van der Waals surface area contributed by atoms with Gasteiger partial charge in [0.1, 0.15) is 0 Å². The zero-order valence-electron chi connectivity index (χ0n) is 8.46. The molecule has 1 spiro atoms. The highest BCUT2D eigenvalue weighted by Crippen LogP contribution is 2.41. The molecule has 0 amide bonds. The van der Waals surface area contributed by atoms with Crippen LogP contribution in [0.15, 0.2) is 0 Å². The molecular weight excluding hydrogens is 162 g/mol. The maximum atomic E-state index is 5.94. The fraction of sp³-hybridized carbons (Fsp3) is 1.00. The first-order chi connectivity index (χ1) is 6.27. The maximum Gasteiger partial charge on any atom is 0.0937 e. The summed E-state index contributed by atoms with van der Waals surface area (Å²) in [5.41, 5.74) is 0.292. The lowest BCUT2D eigenvalue weighted by Crippen LogP contribution is -2.65. The maximum absolute atomic E-state index is 5.94. The van der Waals surface area contributed by atoms with Crippen molar-refractivity contribution >= 4 is 0 Å². The summed E-state index contributed by atoms with van der Waals surface area (Å²) in [5.74, 6) is 0.884. The van der Waals surface area contributed by atoms with E-state index in [4.69, 9.17) is 4.74 Å². The van der Waals surface area contributed by atoms with E-state index in [0.29, 0.717) is 5.60 Å². The van der Waals surface area contributed by atoms with Crippen molar-refractivity contribution in [3.63, 3.8) is 0 Å². The average Bonchev–Trinajstić information content (AvgIpc) is 2.82. The molecule has 2 heteroatoms. The molecule has 2 heterocycles. The first-order valence-electron chi connectivity index (χ1n) is 5.65. The summed E-state index contributed by atoms with van der Waals surface area (Å²) >= 11 is 0. The third kappa shape index (κ3) is 1.40. The second-order valence-electron chi connectivity index (χ2n) is 5.27.